The van der Waals surface area contributed by atoms with Crippen molar-refractivity contribution in [2.24, 2.45) is 0 Å². The molecule has 3 aromatic heterocycles. The fraction of sp³-hybridized carbons (Fsp3) is 0. The molecule has 3 heterocycles. The number of nitrogens with zero attached hydrogens (tertiary/aromatic N) is 1. The third-order valence-corrected chi connectivity index (χ3v) is 3.62. The van der Waals surface area contributed by atoms with Crippen molar-refractivity contribution in [1.82, 2.24) is 4.98 Å². The van der Waals surface area contributed by atoms with Gasteiger partial charge in [-0.3, -0.25) is 4.79 Å². The van der Waals surface area contributed by atoms with Gasteiger partial charge in [-0.15, -0.1) is 11.3 Å². The number of nitrogens with one attached hydrogen (secondary N) is 1. The Balaban J connectivity index is 2.28. The van der Waals surface area contributed by atoms with Crippen LogP contribution in [0.5, 0.6) is 0 Å². The molecule has 0 aliphatic rings. The van der Waals surface area contributed by atoms with Crippen LogP contribution >= 0.6 is 11.3 Å². The molecule has 0 unspecified atom stereocenters. The lowest BCUT2D eigenvalue weighted by Gasteiger charge is -2.03. The molecule has 0 bridgehead atoms. The lowest BCUT2D eigenvalue weighted by atomic mass is 10.1. The maximum absolute atomic E-state index is 12.0. The predicted octanol–water partition coefficient (Wildman–Crippen LogP) is 3.24. The van der Waals surface area contributed by atoms with Crippen LogP contribution in [0.2, 0.25) is 0 Å². The molecule has 0 aliphatic heterocycles. The second kappa shape index (κ2) is 4.59. The number of aromatic nitrogens is 1. The van der Waals surface area contributed by atoms with Crippen LogP contribution in [-0.4, -0.2) is 4.98 Å². The Bertz CT molecular complexity index is 793. The number of rotatable bonds is 2. The molecule has 92 valence electrons. The Morgan fingerprint density at radius 2 is 2.21 bits per heavy atom. The summed E-state index contributed by atoms with van der Waals surface area (Å²) >= 11 is 1.49. The van der Waals surface area contributed by atoms with E-state index >= 15 is 0 Å². The summed E-state index contributed by atoms with van der Waals surface area (Å²) < 4.78 is 5.27. The van der Waals surface area contributed by atoms with Gasteiger partial charge in [0.15, 0.2) is 0 Å². The van der Waals surface area contributed by atoms with Gasteiger partial charge in [-0.25, -0.2) is 0 Å². The molecular formula is C14H8N2O2S. The molecule has 19 heavy (non-hydrogen) atoms. The molecule has 0 atom stereocenters. The van der Waals surface area contributed by atoms with E-state index in [-0.39, 0.29) is 5.56 Å². The van der Waals surface area contributed by atoms with Crippen LogP contribution in [0.4, 0.5) is 0 Å². The van der Waals surface area contributed by atoms with E-state index in [1.54, 1.807) is 18.2 Å². The minimum atomic E-state index is -0.403. The molecule has 0 aromatic carbocycles. The van der Waals surface area contributed by atoms with E-state index in [4.69, 9.17) is 9.68 Å². The first kappa shape index (κ1) is 11.5. The minimum Gasteiger partial charge on any atom is -0.463 e. The van der Waals surface area contributed by atoms with Crippen molar-refractivity contribution in [2.75, 3.05) is 0 Å². The smallest absolute Gasteiger partial charge is 0.267 e. The van der Waals surface area contributed by atoms with Gasteiger partial charge in [0.05, 0.1) is 12.0 Å². The SMILES string of the molecule is N#Cc1c(-c2cccs2)cc(-c2ccco2)[nH]c1=O. The van der Waals surface area contributed by atoms with Gasteiger partial charge in [-0.1, -0.05) is 6.07 Å². The van der Waals surface area contributed by atoms with Crippen molar-refractivity contribution in [1.29, 1.82) is 5.26 Å². The number of H-pyrrole nitrogens is 1. The van der Waals surface area contributed by atoms with Crippen molar-refractivity contribution in [3.8, 4) is 28.0 Å². The van der Waals surface area contributed by atoms with Crippen LogP contribution in [0.1, 0.15) is 5.56 Å². The Morgan fingerprint density at radius 3 is 2.84 bits per heavy atom. The van der Waals surface area contributed by atoms with Crippen LogP contribution in [0.3, 0.4) is 0 Å². The molecule has 0 saturated carbocycles. The molecule has 0 fully saturated rings. The fourth-order valence-electron chi connectivity index (χ4n) is 1.86. The van der Waals surface area contributed by atoms with Gasteiger partial charge in [0.25, 0.3) is 5.56 Å². The molecule has 3 rings (SSSR count). The highest BCUT2D eigenvalue weighted by Crippen LogP contribution is 2.29. The van der Waals surface area contributed by atoms with Crippen LogP contribution in [-0.2, 0) is 0 Å². The number of nitriles is 1. The summed E-state index contributed by atoms with van der Waals surface area (Å²) in [4.78, 5) is 15.5. The zero-order valence-electron chi connectivity index (χ0n) is 9.71. The van der Waals surface area contributed by atoms with E-state index in [0.29, 0.717) is 17.0 Å². The van der Waals surface area contributed by atoms with E-state index in [9.17, 15) is 4.79 Å². The fourth-order valence-corrected chi connectivity index (χ4v) is 2.61. The predicted molar refractivity (Wildman–Crippen MR) is 72.8 cm³/mol. The van der Waals surface area contributed by atoms with Crippen LogP contribution in [0.25, 0.3) is 21.9 Å². The second-order valence-electron chi connectivity index (χ2n) is 3.87. The van der Waals surface area contributed by atoms with E-state index in [2.05, 4.69) is 4.98 Å². The van der Waals surface area contributed by atoms with Gasteiger partial charge in [-0.2, -0.15) is 5.26 Å². The van der Waals surface area contributed by atoms with E-state index in [1.807, 2.05) is 23.6 Å². The quantitative estimate of drug-likeness (QED) is 0.775. The molecule has 0 radical (unpaired) electrons. The third-order valence-electron chi connectivity index (χ3n) is 2.72. The first-order valence-corrected chi connectivity index (χ1v) is 6.43. The zero-order valence-corrected chi connectivity index (χ0v) is 10.5. The standard InChI is InChI=1S/C14H8N2O2S/c15-8-10-9(13-4-2-6-19-13)7-11(16-14(10)17)12-3-1-5-18-12/h1-7H,(H,16,17). The lowest BCUT2D eigenvalue weighted by Crippen LogP contribution is -2.12. The van der Waals surface area contributed by atoms with Crippen molar-refractivity contribution in [3.63, 3.8) is 0 Å². The molecule has 0 spiro atoms. The van der Waals surface area contributed by atoms with Crippen molar-refractivity contribution < 1.29 is 4.42 Å². The Kier molecular flexibility index (Phi) is 2.78. The third kappa shape index (κ3) is 1.98. The minimum absolute atomic E-state index is 0.123. The number of hydrogen-bond donors (Lipinski definition) is 1. The molecule has 0 aliphatic carbocycles. The van der Waals surface area contributed by atoms with Gasteiger partial charge in [-0.05, 0) is 29.6 Å². The van der Waals surface area contributed by atoms with Crippen LogP contribution in [0, 0.1) is 11.3 Å². The summed E-state index contributed by atoms with van der Waals surface area (Å²) in [5, 5.41) is 11.0. The Hall–Kier alpha value is -2.58. The van der Waals surface area contributed by atoms with Gasteiger partial charge in [0.1, 0.15) is 17.4 Å². The lowest BCUT2D eigenvalue weighted by molar-refractivity contribution is 0.580. The number of hydrogen-bond acceptors (Lipinski definition) is 4. The highest BCUT2D eigenvalue weighted by molar-refractivity contribution is 7.13. The average Bonchev–Trinajstić information content (AvgIpc) is 3.11. The van der Waals surface area contributed by atoms with E-state index < -0.39 is 5.56 Å². The summed E-state index contributed by atoms with van der Waals surface area (Å²) in [5.41, 5.74) is 0.919. The van der Waals surface area contributed by atoms with Gasteiger partial charge >= 0.3 is 0 Å². The average molecular weight is 268 g/mol. The number of thiophene rings is 1. The maximum Gasteiger partial charge on any atom is 0.267 e. The Labute approximate surface area is 112 Å². The first-order chi connectivity index (χ1) is 9.29. The maximum atomic E-state index is 12.0. The monoisotopic (exact) mass is 268 g/mol. The van der Waals surface area contributed by atoms with E-state index in [0.717, 1.165) is 4.88 Å². The van der Waals surface area contributed by atoms with Gasteiger partial charge in [0, 0.05) is 10.4 Å². The zero-order chi connectivity index (χ0) is 13.2. The number of pyridine rings is 1. The normalized spacial score (nSPS) is 10.3. The highest BCUT2D eigenvalue weighted by Gasteiger charge is 2.13. The highest BCUT2D eigenvalue weighted by atomic mass is 32.1. The van der Waals surface area contributed by atoms with Crippen molar-refractivity contribution in [3.05, 3.63) is 57.9 Å². The summed E-state index contributed by atoms with van der Waals surface area (Å²) in [6.45, 7) is 0. The molecule has 4 nitrogen and oxygen atoms in total. The summed E-state index contributed by atoms with van der Waals surface area (Å²) in [6, 6.07) is 11.0. The molecular weight excluding hydrogens is 260 g/mol. The molecule has 0 amide bonds. The molecule has 5 heteroatoms. The topological polar surface area (TPSA) is 69.8 Å². The first-order valence-electron chi connectivity index (χ1n) is 5.55. The summed E-state index contributed by atoms with van der Waals surface area (Å²) in [6.07, 6.45) is 1.54. The van der Waals surface area contributed by atoms with Crippen molar-refractivity contribution in [2.45, 2.75) is 0 Å². The largest absolute Gasteiger partial charge is 0.463 e. The summed E-state index contributed by atoms with van der Waals surface area (Å²) in [5.74, 6) is 0.569. The number of aromatic amines is 1. The molecule has 3 aromatic rings. The van der Waals surface area contributed by atoms with E-state index in [1.165, 1.54) is 17.6 Å². The second-order valence-corrected chi connectivity index (χ2v) is 4.81. The van der Waals surface area contributed by atoms with Crippen LogP contribution in [0.15, 0.2) is 51.2 Å². The van der Waals surface area contributed by atoms with Gasteiger partial charge < -0.3 is 9.40 Å². The number of furan rings is 1. The molecule has 0 saturated heterocycles. The molecule has 1 N–H and O–H groups in total. The van der Waals surface area contributed by atoms with Crippen molar-refractivity contribution >= 4 is 11.3 Å². The summed E-state index contributed by atoms with van der Waals surface area (Å²) in [7, 11) is 0. The van der Waals surface area contributed by atoms with Crippen LogP contribution < -0.4 is 5.56 Å². The van der Waals surface area contributed by atoms with Gasteiger partial charge in [0.2, 0.25) is 0 Å². The Morgan fingerprint density at radius 1 is 1.32 bits per heavy atom.